The summed E-state index contributed by atoms with van der Waals surface area (Å²) in [6.45, 7) is 1.27. The number of nitrogens with one attached hydrogen (secondary N) is 2. The average Bonchev–Trinajstić information content (AvgIpc) is 2.37. The zero-order chi connectivity index (χ0) is 13.7. The molecule has 0 spiro atoms. The summed E-state index contributed by atoms with van der Waals surface area (Å²) in [4.78, 5) is 0. The topological polar surface area (TPSA) is 24.1 Å². The van der Waals surface area contributed by atoms with E-state index < -0.39 is 12.6 Å². The molecule has 0 aromatic heterocycles. The highest BCUT2D eigenvalue weighted by atomic mass is 19.4. The molecule has 2 aliphatic rings. The van der Waals surface area contributed by atoms with Crippen molar-refractivity contribution in [1.29, 1.82) is 0 Å². The van der Waals surface area contributed by atoms with Crippen LogP contribution < -0.4 is 10.6 Å². The van der Waals surface area contributed by atoms with E-state index >= 15 is 0 Å². The van der Waals surface area contributed by atoms with Crippen molar-refractivity contribution in [2.24, 2.45) is 5.92 Å². The molecule has 0 aromatic carbocycles. The molecule has 1 aliphatic carbocycles. The van der Waals surface area contributed by atoms with Gasteiger partial charge in [0.1, 0.15) is 0 Å². The highest BCUT2D eigenvalue weighted by molar-refractivity contribution is 4.89. The van der Waals surface area contributed by atoms with E-state index in [1.165, 1.54) is 32.1 Å². The minimum atomic E-state index is -4.01. The molecule has 0 amide bonds. The van der Waals surface area contributed by atoms with Gasteiger partial charge in [-0.3, -0.25) is 0 Å². The van der Waals surface area contributed by atoms with E-state index in [0.29, 0.717) is 18.6 Å². The summed E-state index contributed by atoms with van der Waals surface area (Å²) in [7, 11) is 0. The lowest BCUT2D eigenvalue weighted by Gasteiger charge is -2.40. The second-order valence-electron chi connectivity index (χ2n) is 6.01. The van der Waals surface area contributed by atoms with Crippen LogP contribution in [0.3, 0.4) is 0 Å². The van der Waals surface area contributed by atoms with Crippen molar-refractivity contribution >= 4 is 0 Å². The van der Waals surface area contributed by atoms with Crippen LogP contribution in [0.2, 0.25) is 0 Å². The molecular formula is C14H25F3N2. The summed E-state index contributed by atoms with van der Waals surface area (Å²) in [5, 5.41) is 6.84. The first-order chi connectivity index (χ1) is 9.04. The van der Waals surface area contributed by atoms with E-state index in [2.05, 4.69) is 10.6 Å². The third-order valence-electron chi connectivity index (χ3n) is 4.45. The third-order valence-corrected chi connectivity index (χ3v) is 4.45. The fraction of sp³-hybridized carbons (Fsp3) is 1.00. The maximum Gasteiger partial charge on any atom is 0.389 e. The van der Waals surface area contributed by atoms with Gasteiger partial charge in [0.25, 0.3) is 0 Å². The molecule has 1 saturated carbocycles. The van der Waals surface area contributed by atoms with E-state index in [9.17, 15) is 13.2 Å². The Balaban J connectivity index is 1.57. The first-order valence-electron chi connectivity index (χ1n) is 7.58. The third kappa shape index (κ3) is 5.30. The highest BCUT2D eigenvalue weighted by Crippen LogP contribution is 2.32. The lowest BCUT2D eigenvalue weighted by molar-refractivity contribution is -0.135. The van der Waals surface area contributed by atoms with Crippen LogP contribution in [0.5, 0.6) is 0 Å². The Kier molecular flexibility index (Phi) is 5.51. The molecule has 2 fully saturated rings. The molecule has 0 bridgehead atoms. The minimum Gasteiger partial charge on any atom is -0.315 e. The molecular weight excluding hydrogens is 253 g/mol. The first-order valence-corrected chi connectivity index (χ1v) is 7.58. The first kappa shape index (κ1) is 15.1. The van der Waals surface area contributed by atoms with Gasteiger partial charge in [0.05, 0.1) is 0 Å². The monoisotopic (exact) mass is 278 g/mol. The molecule has 5 heteroatoms. The summed E-state index contributed by atoms with van der Waals surface area (Å²) in [5.41, 5.74) is 0. The Hall–Kier alpha value is -0.290. The number of halogens is 3. The van der Waals surface area contributed by atoms with Gasteiger partial charge in [0, 0.05) is 25.0 Å². The number of hydrogen-bond donors (Lipinski definition) is 2. The SMILES string of the molecule is FC(F)(F)CCCNCC1CCC2CCCCC2N1. The Bertz CT molecular complexity index is 268. The molecule has 0 aromatic rings. The predicted molar refractivity (Wildman–Crippen MR) is 70.1 cm³/mol. The van der Waals surface area contributed by atoms with Crippen molar-refractivity contribution in [1.82, 2.24) is 10.6 Å². The summed E-state index contributed by atoms with van der Waals surface area (Å²) in [6.07, 6.45) is 3.24. The normalized spacial score (nSPS) is 32.1. The van der Waals surface area contributed by atoms with Gasteiger partial charge in [-0.25, -0.2) is 0 Å². The summed E-state index contributed by atoms with van der Waals surface area (Å²) < 4.78 is 35.9. The molecule has 112 valence electrons. The zero-order valence-corrected chi connectivity index (χ0v) is 11.4. The van der Waals surface area contributed by atoms with Crippen LogP contribution in [0.15, 0.2) is 0 Å². The maximum atomic E-state index is 12.0. The fourth-order valence-electron chi connectivity index (χ4n) is 3.43. The number of hydrogen-bond acceptors (Lipinski definition) is 2. The minimum absolute atomic E-state index is 0.183. The van der Waals surface area contributed by atoms with E-state index in [1.54, 1.807) is 0 Å². The molecule has 19 heavy (non-hydrogen) atoms. The van der Waals surface area contributed by atoms with Crippen molar-refractivity contribution in [2.75, 3.05) is 13.1 Å². The van der Waals surface area contributed by atoms with Gasteiger partial charge in [-0.05, 0) is 44.6 Å². The Morgan fingerprint density at radius 3 is 2.63 bits per heavy atom. The molecule has 2 rings (SSSR count). The quantitative estimate of drug-likeness (QED) is 0.754. The molecule has 2 nitrogen and oxygen atoms in total. The molecule has 1 saturated heterocycles. The summed E-state index contributed by atoms with van der Waals surface area (Å²) >= 11 is 0. The fourth-order valence-corrected chi connectivity index (χ4v) is 3.43. The largest absolute Gasteiger partial charge is 0.389 e. The van der Waals surface area contributed by atoms with Crippen LogP contribution >= 0.6 is 0 Å². The van der Waals surface area contributed by atoms with Crippen LogP contribution in [0.1, 0.15) is 51.4 Å². The molecule has 3 unspecified atom stereocenters. The van der Waals surface area contributed by atoms with Crippen molar-refractivity contribution in [3.8, 4) is 0 Å². The molecule has 3 atom stereocenters. The molecule has 0 radical (unpaired) electrons. The highest BCUT2D eigenvalue weighted by Gasteiger charge is 2.31. The van der Waals surface area contributed by atoms with Gasteiger partial charge >= 0.3 is 6.18 Å². The zero-order valence-electron chi connectivity index (χ0n) is 11.4. The second-order valence-corrected chi connectivity index (χ2v) is 6.01. The Morgan fingerprint density at radius 1 is 1.05 bits per heavy atom. The predicted octanol–water partition coefficient (Wildman–Crippen LogP) is 3.23. The lowest BCUT2D eigenvalue weighted by Crippen LogP contribution is -2.52. The lowest BCUT2D eigenvalue weighted by atomic mass is 9.78. The van der Waals surface area contributed by atoms with Gasteiger partial charge in [0.2, 0.25) is 0 Å². The molecule has 2 N–H and O–H groups in total. The van der Waals surface area contributed by atoms with E-state index in [-0.39, 0.29) is 6.42 Å². The van der Waals surface area contributed by atoms with E-state index in [4.69, 9.17) is 0 Å². The van der Waals surface area contributed by atoms with Crippen LogP contribution in [0.25, 0.3) is 0 Å². The van der Waals surface area contributed by atoms with Gasteiger partial charge in [-0.1, -0.05) is 12.8 Å². The second kappa shape index (κ2) is 6.93. The average molecular weight is 278 g/mol. The molecule has 1 heterocycles. The number of alkyl halides is 3. The van der Waals surface area contributed by atoms with Crippen molar-refractivity contribution in [3.05, 3.63) is 0 Å². The number of rotatable bonds is 5. The standard InChI is InChI=1S/C14H25F3N2/c15-14(16,17)8-3-9-18-10-12-7-6-11-4-1-2-5-13(11)19-12/h11-13,18-19H,1-10H2. The van der Waals surface area contributed by atoms with Gasteiger partial charge in [-0.15, -0.1) is 0 Å². The van der Waals surface area contributed by atoms with Crippen LogP contribution in [0, 0.1) is 5.92 Å². The Labute approximate surface area is 113 Å². The van der Waals surface area contributed by atoms with Crippen molar-refractivity contribution in [3.63, 3.8) is 0 Å². The number of fused-ring (bicyclic) bond motifs is 1. The van der Waals surface area contributed by atoms with Gasteiger partial charge < -0.3 is 10.6 Å². The van der Waals surface area contributed by atoms with Crippen LogP contribution in [0.4, 0.5) is 13.2 Å². The van der Waals surface area contributed by atoms with Crippen molar-refractivity contribution < 1.29 is 13.2 Å². The van der Waals surface area contributed by atoms with E-state index in [1.807, 2.05) is 0 Å². The van der Waals surface area contributed by atoms with Crippen LogP contribution in [-0.2, 0) is 0 Å². The van der Waals surface area contributed by atoms with Gasteiger partial charge in [-0.2, -0.15) is 13.2 Å². The summed E-state index contributed by atoms with van der Waals surface area (Å²) in [6, 6.07) is 1.11. The van der Waals surface area contributed by atoms with E-state index in [0.717, 1.165) is 18.9 Å². The Morgan fingerprint density at radius 2 is 1.84 bits per heavy atom. The number of piperidine rings is 1. The summed E-state index contributed by atoms with van der Waals surface area (Å²) in [5.74, 6) is 0.843. The smallest absolute Gasteiger partial charge is 0.315 e. The van der Waals surface area contributed by atoms with Gasteiger partial charge in [0.15, 0.2) is 0 Å². The maximum absolute atomic E-state index is 12.0. The van der Waals surface area contributed by atoms with Crippen LogP contribution in [-0.4, -0.2) is 31.3 Å². The van der Waals surface area contributed by atoms with Crippen molar-refractivity contribution in [2.45, 2.75) is 69.6 Å². The molecule has 1 aliphatic heterocycles.